The molecule has 0 nitrogen and oxygen atoms in total. The number of rotatable bonds is 3. The van der Waals surface area contributed by atoms with Gasteiger partial charge in [-0.15, -0.1) is 11.6 Å². The third kappa shape index (κ3) is 4.15. The normalized spacial score (nSPS) is 21.4. The molecule has 0 aliphatic heterocycles. The highest BCUT2D eigenvalue weighted by atomic mass is 35.5. The molecule has 0 bridgehead atoms. The minimum atomic E-state index is 0.767. The Bertz CT molecular complexity index is 121. The predicted molar refractivity (Wildman–Crippen MR) is 55.7 cm³/mol. The average Bonchev–Trinajstić information content (AvgIpc) is 2.33. The van der Waals surface area contributed by atoms with Crippen molar-refractivity contribution in [1.29, 1.82) is 0 Å². The Morgan fingerprint density at radius 2 is 1.75 bits per heavy atom. The van der Waals surface area contributed by atoms with E-state index in [1.54, 1.807) is 0 Å². The Labute approximate surface area is 81.0 Å². The molecule has 1 saturated carbocycles. The first kappa shape index (κ1) is 10.1. The van der Waals surface area contributed by atoms with E-state index in [0.29, 0.717) is 0 Å². The molecule has 0 N–H and O–H groups in total. The lowest BCUT2D eigenvalue weighted by Gasteiger charge is -2.06. The molecule has 1 rings (SSSR count). The first-order chi connectivity index (χ1) is 5.93. The summed E-state index contributed by atoms with van der Waals surface area (Å²) >= 11 is 5.60. The molecule has 0 aromatic rings. The lowest BCUT2D eigenvalue weighted by Crippen LogP contribution is -1.92. The first-order valence-electron chi connectivity index (χ1n) is 5.16. The molecular weight excluding hydrogens is 168 g/mol. The van der Waals surface area contributed by atoms with Gasteiger partial charge in [0.05, 0.1) is 0 Å². The van der Waals surface area contributed by atoms with Crippen LogP contribution in [0.3, 0.4) is 0 Å². The molecule has 1 fully saturated rings. The number of alkyl halides is 1. The van der Waals surface area contributed by atoms with Crippen LogP contribution in [0.5, 0.6) is 0 Å². The Kier molecular flexibility index (Phi) is 5.51. The maximum absolute atomic E-state index is 5.60. The Morgan fingerprint density at radius 1 is 1.08 bits per heavy atom. The fraction of sp³-hybridized carbons (Fsp3) is 0.818. The highest BCUT2D eigenvalue weighted by Gasteiger charge is 2.07. The van der Waals surface area contributed by atoms with Crippen LogP contribution in [0.15, 0.2) is 12.2 Å². The monoisotopic (exact) mass is 186 g/mol. The van der Waals surface area contributed by atoms with Crippen molar-refractivity contribution in [3.05, 3.63) is 12.2 Å². The SMILES string of the molecule is ClCC/C=C/C1CCCCCC1. The third-order valence-corrected chi connectivity index (χ3v) is 2.80. The summed E-state index contributed by atoms with van der Waals surface area (Å²) in [4.78, 5) is 0. The van der Waals surface area contributed by atoms with Gasteiger partial charge in [-0.2, -0.15) is 0 Å². The molecule has 0 radical (unpaired) electrons. The van der Waals surface area contributed by atoms with Crippen LogP contribution in [-0.4, -0.2) is 5.88 Å². The Balaban J connectivity index is 2.19. The highest BCUT2D eigenvalue weighted by molar-refractivity contribution is 6.17. The maximum atomic E-state index is 5.60. The van der Waals surface area contributed by atoms with Gasteiger partial charge in [-0.25, -0.2) is 0 Å². The zero-order valence-corrected chi connectivity index (χ0v) is 8.52. The van der Waals surface area contributed by atoms with Crippen LogP contribution in [-0.2, 0) is 0 Å². The van der Waals surface area contributed by atoms with E-state index < -0.39 is 0 Å². The molecule has 1 aliphatic carbocycles. The summed E-state index contributed by atoms with van der Waals surface area (Å²) < 4.78 is 0. The van der Waals surface area contributed by atoms with Gasteiger partial charge in [0.1, 0.15) is 0 Å². The van der Waals surface area contributed by atoms with Crippen LogP contribution < -0.4 is 0 Å². The van der Waals surface area contributed by atoms with Crippen LogP contribution in [0.25, 0.3) is 0 Å². The van der Waals surface area contributed by atoms with Crippen molar-refractivity contribution in [1.82, 2.24) is 0 Å². The van der Waals surface area contributed by atoms with Gasteiger partial charge >= 0.3 is 0 Å². The molecule has 0 spiro atoms. The number of allylic oxidation sites excluding steroid dienone is 2. The minimum absolute atomic E-state index is 0.767. The largest absolute Gasteiger partial charge is 0.126 e. The molecule has 0 saturated heterocycles. The van der Waals surface area contributed by atoms with Crippen molar-refractivity contribution in [3.8, 4) is 0 Å². The highest BCUT2D eigenvalue weighted by Crippen LogP contribution is 2.23. The fourth-order valence-corrected chi connectivity index (χ4v) is 1.98. The van der Waals surface area contributed by atoms with Crippen molar-refractivity contribution in [2.24, 2.45) is 5.92 Å². The molecule has 0 amide bonds. The van der Waals surface area contributed by atoms with E-state index >= 15 is 0 Å². The number of hydrogen-bond donors (Lipinski definition) is 0. The van der Waals surface area contributed by atoms with Crippen molar-refractivity contribution in [2.75, 3.05) is 5.88 Å². The molecule has 0 atom stereocenters. The Hall–Kier alpha value is 0.0300. The average molecular weight is 187 g/mol. The van der Waals surface area contributed by atoms with Crippen LogP contribution in [0, 0.1) is 5.92 Å². The second-order valence-electron chi connectivity index (χ2n) is 3.66. The zero-order valence-electron chi connectivity index (χ0n) is 7.77. The van der Waals surface area contributed by atoms with Gasteiger partial charge in [-0.3, -0.25) is 0 Å². The van der Waals surface area contributed by atoms with Crippen LogP contribution >= 0.6 is 11.6 Å². The molecule has 0 unspecified atom stereocenters. The van der Waals surface area contributed by atoms with Crippen LogP contribution in [0.4, 0.5) is 0 Å². The summed E-state index contributed by atoms with van der Waals surface area (Å²) in [6, 6.07) is 0. The minimum Gasteiger partial charge on any atom is -0.126 e. The summed E-state index contributed by atoms with van der Waals surface area (Å²) in [7, 11) is 0. The van der Waals surface area contributed by atoms with E-state index in [1.807, 2.05) is 0 Å². The number of halogens is 1. The smallest absolute Gasteiger partial charge is 0.0258 e. The molecule has 0 aromatic carbocycles. The van der Waals surface area contributed by atoms with Crippen molar-refractivity contribution < 1.29 is 0 Å². The van der Waals surface area contributed by atoms with E-state index in [-0.39, 0.29) is 0 Å². The first-order valence-corrected chi connectivity index (χ1v) is 5.69. The molecule has 0 aromatic heterocycles. The lowest BCUT2D eigenvalue weighted by molar-refractivity contribution is 0.558. The van der Waals surface area contributed by atoms with Gasteiger partial charge in [-0.05, 0) is 25.2 Å². The Morgan fingerprint density at radius 3 is 2.33 bits per heavy atom. The van der Waals surface area contributed by atoms with Gasteiger partial charge in [0.15, 0.2) is 0 Å². The topological polar surface area (TPSA) is 0 Å². The van der Waals surface area contributed by atoms with Crippen molar-refractivity contribution >= 4 is 11.6 Å². The molecule has 1 aliphatic rings. The second-order valence-corrected chi connectivity index (χ2v) is 4.04. The zero-order chi connectivity index (χ0) is 8.65. The fourth-order valence-electron chi connectivity index (χ4n) is 1.86. The lowest BCUT2D eigenvalue weighted by atomic mass is 10.00. The third-order valence-electron chi connectivity index (χ3n) is 2.58. The van der Waals surface area contributed by atoms with E-state index in [9.17, 15) is 0 Å². The number of hydrogen-bond acceptors (Lipinski definition) is 0. The standard InChI is InChI=1S/C11H19Cl/c12-10-6-5-9-11-7-3-1-2-4-8-11/h5,9,11H,1-4,6-8,10H2/b9-5+. The molecular formula is C11H19Cl. The summed E-state index contributed by atoms with van der Waals surface area (Å²) in [5.41, 5.74) is 0. The summed E-state index contributed by atoms with van der Waals surface area (Å²) in [5.74, 6) is 1.62. The van der Waals surface area contributed by atoms with E-state index in [2.05, 4.69) is 12.2 Å². The predicted octanol–water partition coefficient (Wildman–Crippen LogP) is 4.14. The maximum Gasteiger partial charge on any atom is 0.0258 e. The van der Waals surface area contributed by atoms with Crippen LogP contribution in [0.1, 0.15) is 44.9 Å². The van der Waals surface area contributed by atoms with Gasteiger partial charge in [0.25, 0.3) is 0 Å². The van der Waals surface area contributed by atoms with Crippen LogP contribution in [0.2, 0.25) is 0 Å². The summed E-state index contributed by atoms with van der Waals surface area (Å²) in [5, 5.41) is 0. The second kappa shape index (κ2) is 6.54. The van der Waals surface area contributed by atoms with E-state index in [4.69, 9.17) is 11.6 Å². The molecule has 0 heterocycles. The van der Waals surface area contributed by atoms with Gasteiger partial charge < -0.3 is 0 Å². The van der Waals surface area contributed by atoms with E-state index in [0.717, 1.165) is 18.2 Å². The quantitative estimate of drug-likeness (QED) is 0.353. The van der Waals surface area contributed by atoms with Gasteiger partial charge in [-0.1, -0.05) is 37.8 Å². The molecule has 12 heavy (non-hydrogen) atoms. The van der Waals surface area contributed by atoms with Crippen molar-refractivity contribution in [3.63, 3.8) is 0 Å². The summed E-state index contributed by atoms with van der Waals surface area (Å²) in [6.07, 6.45) is 14.2. The molecule has 1 heteroatoms. The van der Waals surface area contributed by atoms with E-state index in [1.165, 1.54) is 38.5 Å². The van der Waals surface area contributed by atoms with Gasteiger partial charge in [0.2, 0.25) is 0 Å². The van der Waals surface area contributed by atoms with Gasteiger partial charge in [0, 0.05) is 5.88 Å². The summed E-state index contributed by atoms with van der Waals surface area (Å²) in [6.45, 7) is 0. The molecule has 70 valence electrons. The van der Waals surface area contributed by atoms with Crippen molar-refractivity contribution in [2.45, 2.75) is 44.9 Å².